The molecule has 0 aliphatic carbocycles. The Morgan fingerprint density at radius 3 is 2.41 bits per heavy atom. The van der Waals surface area contributed by atoms with Crippen molar-refractivity contribution in [2.75, 3.05) is 39.1 Å². The van der Waals surface area contributed by atoms with Gasteiger partial charge in [-0.1, -0.05) is 0 Å². The molecule has 0 saturated heterocycles. The Morgan fingerprint density at radius 2 is 1.76 bits per heavy atom. The third kappa shape index (κ3) is 7.00. The molecule has 0 bridgehead atoms. The summed E-state index contributed by atoms with van der Waals surface area (Å²) in [7, 11) is 3.94. The predicted molar refractivity (Wildman–Crippen MR) is 110 cm³/mol. The van der Waals surface area contributed by atoms with Crippen LogP contribution in [0, 0.1) is 0 Å². The summed E-state index contributed by atoms with van der Waals surface area (Å²) in [4.78, 5) is 42.4. The summed E-state index contributed by atoms with van der Waals surface area (Å²) in [6.07, 6.45) is 2.26. The topological polar surface area (TPSA) is 101 Å². The number of aromatic nitrogens is 1. The molecule has 29 heavy (non-hydrogen) atoms. The van der Waals surface area contributed by atoms with Crippen molar-refractivity contribution in [2.45, 2.75) is 13.3 Å². The lowest BCUT2D eigenvalue weighted by atomic mass is 10.2. The van der Waals surface area contributed by atoms with Crippen LogP contribution >= 0.6 is 0 Å². The minimum Gasteiger partial charge on any atom is -0.462 e. The number of ether oxygens (including phenoxy) is 1. The first-order valence-corrected chi connectivity index (χ1v) is 9.38. The number of hydrogen-bond donors (Lipinski definition) is 2. The fraction of sp³-hybridized carbons (Fsp3) is 0.333. The molecular formula is C21H26N4O4. The molecule has 2 aromatic rings. The maximum absolute atomic E-state index is 12.4. The van der Waals surface area contributed by atoms with Gasteiger partial charge in [0, 0.05) is 24.0 Å². The SMILES string of the molecule is CCOC(=O)c1ccc(NC(=O)c2cc(C(=O)NCCCN(C)C)ccn2)cc1. The lowest BCUT2D eigenvalue weighted by Gasteiger charge is -2.10. The minimum absolute atomic E-state index is 0.125. The van der Waals surface area contributed by atoms with E-state index in [1.54, 1.807) is 37.3 Å². The summed E-state index contributed by atoms with van der Waals surface area (Å²) in [5, 5.41) is 5.52. The monoisotopic (exact) mass is 398 g/mol. The van der Waals surface area contributed by atoms with Crippen LogP contribution in [-0.4, -0.2) is 61.5 Å². The van der Waals surface area contributed by atoms with Gasteiger partial charge in [0.25, 0.3) is 11.8 Å². The molecule has 0 aliphatic heterocycles. The average Bonchev–Trinajstić information content (AvgIpc) is 2.71. The molecule has 0 fully saturated rings. The predicted octanol–water partition coefficient (Wildman–Crippen LogP) is 2.19. The molecule has 0 atom stereocenters. The number of amides is 2. The lowest BCUT2D eigenvalue weighted by Crippen LogP contribution is -2.27. The second-order valence-corrected chi connectivity index (χ2v) is 6.59. The Hall–Kier alpha value is -3.26. The fourth-order valence-corrected chi connectivity index (χ4v) is 2.49. The molecule has 0 aliphatic rings. The molecule has 2 N–H and O–H groups in total. The highest BCUT2D eigenvalue weighted by Crippen LogP contribution is 2.12. The van der Waals surface area contributed by atoms with E-state index in [0.717, 1.165) is 13.0 Å². The van der Waals surface area contributed by atoms with E-state index >= 15 is 0 Å². The van der Waals surface area contributed by atoms with E-state index in [1.807, 2.05) is 19.0 Å². The second-order valence-electron chi connectivity index (χ2n) is 6.59. The fourth-order valence-electron chi connectivity index (χ4n) is 2.49. The van der Waals surface area contributed by atoms with Gasteiger partial charge in [0.15, 0.2) is 0 Å². The van der Waals surface area contributed by atoms with Gasteiger partial charge in [-0.2, -0.15) is 0 Å². The number of esters is 1. The smallest absolute Gasteiger partial charge is 0.338 e. The van der Waals surface area contributed by atoms with E-state index in [-0.39, 0.29) is 11.6 Å². The van der Waals surface area contributed by atoms with Crippen LogP contribution in [0.4, 0.5) is 5.69 Å². The van der Waals surface area contributed by atoms with Crippen LogP contribution in [0.2, 0.25) is 0 Å². The number of rotatable bonds is 9. The normalized spacial score (nSPS) is 10.5. The van der Waals surface area contributed by atoms with Gasteiger partial charge in [0.05, 0.1) is 12.2 Å². The van der Waals surface area contributed by atoms with Gasteiger partial charge in [-0.05, 0) is 70.4 Å². The molecule has 1 aromatic heterocycles. The Morgan fingerprint density at radius 1 is 1.03 bits per heavy atom. The zero-order valence-corrected chi connectivity index (χ0v) is 16.9. The van der Waals surface area contributed by atoms with Crippen molar-refractivity contribution in [3.63, 3.8) is 0 Å². The molecule has 0 saturated carbocycles. The van der Waals surface area contributed by atoms with Crippen molar-refractivity contribution in [3.8, 4) is 0 Å². The maximum atomic E-state index is 12.4. The summed E-state index contributed by atoms with van der Waals surface area (Å²) in [6.45, 7) is 3.45. The highest BCUT2D eigenvalue weighted by Gasteiger charge is 2.13. The third-order valence-corrected chi connectivity index (χ3v) is 3.98. The third-order valence-electron chi connectivity index (χ3n) is 3.98. The Balaban J connectivity index is 1.96. The summed E-state index contributed by atoms with van der Waals surface area (Å²) >= 11 is 0. The van der Waals surface area contributed by atoms with Gasteiger partial charge in [-0.15, -0.1) is 0 Å². The van der Waals surface area contributed by atoms with Crippen LogP contribution in [0.15, 0.2) is 42.6 Å². The first kappa shape index (κ1) is 22.0. The van der Waals surface area contributed by atoms with Gasteiger partial charge in [0.1, 0.15) is 5.69 Å². The molecule has 8 nitrogen and oxygen atoms in total. The number of pyridine rings is 1. The van der Waals surface area contributed by atoms with Gasteiger partial charge >= 0.3 is 5.97 Å². The molecule has 0 spiro atoms. The number of benzene rings is 1. The number of nitrogens with one attached hydrogen (secondary N) is 2. The summed E-state index contributed by atoms with van der Waals surface area (Å²) < 4.78 is 4.92. The molecule has 154 valence electrons. The molecule has 1 aromatic carbocycles. The molecule has 2 rings (SSSR count). The largest absolute Gasteiger partial charge is 0.462 e. The summed E-state index contributed by atoms with van der Waals surface area (Å²) in [6, 6.07) is 9.35. The van der Waals surface area contributed by atoms with Crippen LogP contribution in [0.25, 0.3) is 0 Å². The molecule has 0 unspecified atom stereocenters. The van der Waals surface area contributed by atoms with Crippen LogP contribution < -0.4 is 10.6 Å². The zero-order valence-electron chi connectivity index (χ0n) is 16.9. The summed E-state index contributed by atoms with van der Waals surface area (Å²) in [5.41, 5.74) is 1.40. The first-order chi connectivity index (χ1) is 13.9. The first-order valence-electron chi connectivity index (χ1n) is 9.38. The standard InChI is InChI=1S/C21H26N4O4/c1-4-29-21(28)15-6-8-17(9-7-15)24-20(27)18-14-16(10-12-22-18)19(26)23-11-5-13-25(2)3/h6-10,12,14H,4-5,11,13H2,1-3H3,(H,23,26)(H,24,27). The number of anilines is 1. The van der Waals surface area contributed by atoms with E-state index in [0.29, 0.717) is 30.0 Å². The number of carbonyl (C=O) groups excluding carboxylic acids is 3. The van der Waals surface area contributed by atoms with Crippen molar-refractivity contribution in [3.05, 3.63) is 59.4 Å². The van der Waals surface area contributed by atoms with Crippen LogP contribution in [-0.2, 0) is 4.74 Å². The molecule has 8 heteroatoms. The maximum Gasteiger partial charge on any atom is 0.338 e. The second kappa shape index (κ2) is 10.9. The van der Waals surface area contributed by atoms with Gasteiger partial charge < -0.3 is 20.3 Å². The van der Waals surface area contributed by atoms with E-state index in [1.165, 1.54) is 12.3 Å². The molecule has 0 radical (unpaired) electrons. The van der Waals surface area contributed by atoms with Crippen LogP contribution in [0.5, 0.6) is 0 Å². The van der Waals surface area contributed by atoms with E-state index in [9.17, 15) is 14.4 Å². The van der Waals surface area contributed by atoms with Crippen molar-refractivity contribution in [1.29, 1.82) is 0 Å². The number of carbonyl (C=O) groups is 3. The minimum atomic E-state index is -0.448. The van der Waals surface area contributed by atoms with Gasteiger partial charge in [-0.3, -0.25) is 14.6 Å². The van der Waals surface area contributed by atoms with E-state index < -0.39 is 11.9 Å². The van der Waals surface area contributed by atoms with Crippen molar-refractivity contribution >= 4 is 23.5 Å². The summed E-state index contributed by atoms with van der Waals surface area (Å²) in [5.74, 6) is -1.12. The van der Waals surface area contributed by atoms with Crippen molar-refractivity contribution in [2.24, 2.45) is 0 Å². The Kier molecular flexibility index (Phi) is 8.29. The molecular weight excluding hydrogens is 372 g/mol. The van der Waals surface area contributed by atoms with Gasteiger partial charge in [-0.25, -0.2) is 4.79 Å². The number of hydrogen-bond acceptors (Lipinski definition) is 6. The quantitative estimate of drug-likeness (QED) is 0.496. The van der Waals surface area contributed by atoms with E-state index in [2.05, 4.69) is 15.6 Å². The Labute approximate surface area is 170 Å². The molecule has 2 amide bonds. The number of nitrogens with zero attached hydrogens (tertiary/aromatic N) is 2. The van der Waals surface area contributed by atoms with Gasteiger partial charge in [0.2, 0.25) is 0 Å². The molecule has 1 heterocycles. The highest BCUT2D eigenvalue weighted by molar-refractivity contribution is 6.05. The Bertz CT molecular complexity index is 850. The van der Waals surface area contributed by atoms with Crippen molar-refractivity contribution < 1.29 is 19.1 Å². The average molecular weight is 398 g/mol. The van der Waals surface area contributed by atoms with Crippen LogP contribution in [0.3, 0.4) is 0 Å². The van der Waals surface area contributed by atoms with Crippen molar-refractivity contribution in [1.82, 2.24) is 15.2 Å². The zero-order chi connectivity index (χ0) is 21.2. The highest BCUT2D eigenvalue weighted by atomic mass is 16.5. The van der Waals surface area contributed by atoms with Crippen LogP contribution in [0.1, 0.15) is 44.5 Å². The van der Waals surface area contributed by atoms with E-state index in [4.69, 9.17) is 4.74 Å². The lowest BCUT2D eigenvalue weighted by molar-refractivity contribution is 0.0526.